The summed E-state index contributed by atoms with van der Waals surface area (Å²) < 4.78 is 0. The van der Waals surface area contributed by atoms with E-state index < -0.39 is 0 Å². The van der Waals surface area contributed by atoms with Crippen molar-refractivity contribution in [3.63, 3.8) is 0 Å². The topological polar surface area (TPSA) is 24.9 Å². The number of thiazole rings is 1. The molecule has 0 unspecified atom stereocenters. The van der Waals surface area contributed by atoms with E-state index in [1.807, 2.05) is 11.3 Å². The largest absolute Gasteiger partial charge is 0.308 e. The first kappa shape index (κ1) is 11.1. The predicted molar refractivity (Wildman–Crippen MR) is 61.9 cm³/mol. The normalized spacial score (nSPS) is 21.5. The molecule has 2 heterocycles. The van der Waals surface area contributed by atoms with Gasteiger partial charge in [0.1, 0.15) is 5.01 Å². The zero-order valence-electron chi connectivity index (χ0n) is 7.96. The zero-order valence-corrected chi connectivity index (χ0v) is 10.5. The van der Waals surface area contributed by atoms with E-state index in [1.165, 1.54) is 28.4 Å². The molecule has 1 N–H and O–H groups in total. The highest BCUT2D eigenvalue weighted by atomic mass is 79.9. The van der Waals surface area contributed by atoms with E-state index in [2.05, 4.69) is 24.1 Å². The monoisotopic (exact) mass is 262 g/mol. The van der Waals surface area contributed by atoms with Gasteiger partial charge in [-0.2, -0.15) is 0 Å². The van der Waals surface area contributed by atoms with Crippen LogP contribution in [0.15, 0.2) is 0 Å². The zero-order chi connectivity index (χ0) is 8.55. The maximum Gasteiger partial charge on any atom is 0.110 e. The molecule has 1 aliphatic heterocycles. The molecule has 2 rings (SSSR count). The highest BCUT2D eigenvalue weighted by Crippen LogP contribution is 2.28. The minimum Gasteiger partial charge on any atom is -0.308 e. The maximum atomic E-state index is 4.55. The summed E-state index contributed by atoms with van der Waals surface area (Å²) in [4.78, 5) is 5.91. The van der Waals surface area contributed by atoms with Crippen LogP contribution in [-0.4, -0.2) is 11.5 Å². The van der Waals surface area contributed by atoms with Crippen LogP contribution in [0, 0.1) is 13.8 Å². The molecule has 2 nitrogen and oxygen atoms in total. The highest BCUT2D eigenvalue weighted by Gasteiger charge is 2.19. The number of nitrogens with zero attached hydrogens (tertiary/aromatic N) is 1. The molecule has 0 aliphatic carbocycles. The van der Waals surface area contributed by atoms with Crippen LogP contribution >= 0.6 is 28.3 Å². The Labute approximate surface area is 93.5 Å². The number of aromatic nitrogens is 1. The summed E-state index contributed by atoms with van der Waals surface area (Å²) >= 11 is 1.84. The first-order valence-corrected chi connectivity index (χ1v) is 5.26. The number of aryl methyl sites for hydroxylation is 2. The molecule has 1 saturated heterocycles. The van der Waals surface area contributed by atoms with Gasteiger partial charge in [0, 0.05) is 4.88 Å². The van der Waals surface area contributed by atoms with Crippen molar-refractivity contribution in [1.29, 1.82) is 0 Å². The standard InChI is InChI=1S/C9H14N2S.BrH/c1-6-7(2)12-9(11-6)8-4-3-5-10-8;/h8,10H,3-5H2,1-2H3;1H/t8-;/m0./s1. The molecular weight excluding hydrogens is 248 g/mol. The van der Waals surface area contributed by atoms with Crippen LogP contribution in [0.2, 0.25) is 0 Å². The van der Waals surface area contributed by atoms with Crippen LogP contribution in [0.25, 0.3) is 0 Å². The molecule has 1 aromatic heterocycles. The lowest BCUT2D eigenvalue weighted by atomic mass is 10.2. The van der Waals surface area contributed by atoms with Crippen molar-refractivity contribution < 1.29 is 0 Å². The van der Waals surface area contributed by atoms with Crippen molar-refractivity contribution in [3.8, 4) is 0 Å². The second-order valence-corrected chi connectivity index (χ2v) is 4.58. The lowest BCUT2D eigenvalue weighted by Crippen LogP contribution is -2.12. The van der Waals surface area contributed by atoms with E-state index >= 15 is 0 Å². The summed E-state index contributed by atoms with van der Waals surface area (Å²) in [6.45, 7) is 5.39. The fourth-order valence-electron chi connectivity index (χ4n) is 1.54. The lowest BCUT2D eigenvalue weighted by molar-refractivity contribution is 0.641. The Morgan fingerprint density at radius 3 is 2.69 bits per heavy atom. The Bertz CT molecular complexity index is 260. The van der Waals surface area contributed by atoms with Crippen LogP contribution in [0.1, 0.15) is 34.5 Å². The average Bonchev–Trinajstić information content (AvgIpc) is 2.61. The number of hydrogen-bond acceptors (Lipinski definition) is 3. The van der Waals surface area contributed by atoms with Crippen molar-refractivity contribution >= 4 is 28.3 Å². The smallest absolute Gasteiger partial charge is 0.110 e. The Hall–Kier alpha value is 0.0700. The summed E-state index contributed by atoms with van der Waals surface area (Å²) in [7, 11) is 0. The fraction of sp³-hybridized carbons (Fsp3) is 0.667. The SMILES string of the molecule is Br.Cc1nc([C@@H]2CCCN2)sc1C. The van der Waals surface area contributed by atoms with Crippen molar-refractivity contribution in [2.24, 2.45) is 0 Å². The van der Waals surface area contributed by atoms with Gasteiger partial charge < -0.3 is 5.32 Å². The molecule has 13 heavy (non-hydrogen) atoms. The first-order chi connectivity index (χ1) is 5.77. The fourth-order valence-corrected chi connectivity index (χ4v) is 2.57. The Kier molecular flexibility index (Phi) is 3.88. The van der Waals surface area contributed by atoms with Gasteiger partial charge in [0.15, 0.2) is 0 Å². The van der Waals surface area contributed by atoms with Crippen molar-refractivity contribution in [3.05, 3.63) is 15.6 Å². The van der Waals surface area contributed by atoms with Gasteiger partial charge in [0.2, 0.25) is 0 Å². The molecule has 0 spiro atoms. The predicted octanol–water partition coefficient (Wildman–Crippen LogP) is 2.76. The van der Waals surface area contributed by atoms with Crippen LogP contribution in [0.4, 0.5) is 0 Å². The van der Waals surface area contributed by atoms with Gasteiger partial charge in [0.25, 0.3) is 0 Å². The van der Waals surface area contributed by atoms with Gasteiger partial charge in [-0.15, -0.1) is 28.3 Å². The molecule has 4 heteroatoms. The minimum absolute atomic E-state index is 0. The molecule has 0 saturated carbocycles. The Morgan fingerprint density at radius 1 is 1.46 bits per heavy atom. The molecule has 74 valence electrons. The number of nitrogens with one attached hydrogen (secondary N) is 1. The minimum atomic E-state index is 0. The quantitative estimate of drug-likeness (QED) is 0.842. The van der Waals surface area contributed by atoms with E-state index in [0.717, 1.165) is 6.54 Å². The third-order valence-corrected chi connectivity index (χ3v) is 3.59. The molecule has 0 bridgehead atoms. The van der Waals surface area contributed by atoms with Crippen molar-refractivity contribution in [2.75, 3.05) is 6.54 Å². The van der Waals surface area contributed by atoms with E-state index in [-0.39, 0.29) is 17.0 Å². The Balaban J connectivity index is 0.000000845. The summed E-state index contributed by atoms with van der Waals surface area (Å²) in [5.74, 6) is 0. The highest BCUT2D eigenvalue weighted by molar-refractivity contribution is 8.93. The van der Waals surface area contributed by atoms with E-state index in [9.17, 15) is 0 Å². The molecular formula is C9H15BrN2S. The van der Waals surface area contributed by atoms with Crippen LogP contribution in [-0.2, 0) is 0 Å². The second-order valence-electron chi connectivity index (χ2n) is 3.34. The molecule has 1 atom stereocenters. The molecule has 0 aromatic carbocycles. The number of halogens is 1. The van der Waals surface area contributed by atoms with Gasteiger partial charge in [-0.3, -0.25) is 0 Å². The summed E-state index contributed by atoms with van der Waals surface area (Å²) in [6, 6.07) is 0.544. The van der Waals surface area contributed by atoms with Crippen molar-refractivity contribution in [1.82, 2.24) is 10.3 Å². The molecule has 1 fully saturated rings. The van der Waals surface area contributed by atoms with Gasteiger partial charge in [0.05, 0.1) is 11.7 Å². The molecule has 0 radical (unpaired) electrons. The summed E-state index contributed by atoms with van der Waals surface area (Å²) in [5.41, 5.74) is 1.20. The third kappa shape index (κ3) is 2.30. The molecule has 1 aromatic rings. The van der Waals surface area contributed by atoms with Crippen LogP contribution in [0.5, 0.6) is 0 Å². The van der Waals surface area contributed by atoms with Crippen LogP contribution < -0.4 is 5.32 Å². The van der Waals surface area contributed by atoms with Crippen LogP contribution in [0.3, 0.4) is 0 Å². The molecule has 1 aliphatic rings. The maximum absolute atomic E-state index is 4.55. The van der Waals surface area contributed by atoms with E-state index in [1.54, 1.807) is 0 Å². The van der Waals surface area contributed by atoms with Gasteiger partial charge in [-0.25, -0.2) is 4.98 Å². The second kappa shape index (κ2) is 4.53. The Morgan fingerprint density at radius 2 is 2.23 bits per heavy atom. The number of rotatable bonds is 1. The lowest BCUT2D eigenvalue weighted by Gasteiger charge is -2.03. The average molecular weight is 263 g/mol. The van der Waals surface area contributed by atoms with Crippen molar-refractivity contribution in [2.45, 2.75) is 32.7 Å². The van der Waals surface area contributed by atoms with E-state index in [4.69, 9.17) is 0 Å². The van der Waals surface area contributed by atoms with Gasteiger partial charge in [-0.05, 0) is 33.2 Å². The van der Waals surface area contributed by atoms with E-state index in [0.29, 0.717) is 6.04 Å². The van der Waals surface area contributed by atoms with Gasteiger partial charge in [-0.1, -0.05) is 0 Å². The third-order valence-electron chi connectivity index (χ3n) is 2.40. The summed E-state index contributed by atoms with van der Waals surface area (Å²) in [6.07, 6.45) is 2.55. The molecule has 0 amide bonds. The number of hydrogen-bond donors (Lipinski definition) is 1. The van der Waals surface area contributed by atoms with Gasteiger partial charge >= 0.3 is 0 Å². The first-order valence-electron chi connectivity index (χ1n) is 4.44. The summed E-state index contributed by atoms with van der Waals surface area (Å²) in [5, 5.41) is 4.74.